The van der Waals surface area contributed by atoms with Crippen LogP contribution in [0, 0.1) is 0 Å². The maximum Gasteiger partial charge on any atom is 0.249 e. The summed E-state index contributed by atoms with van der Waals surface area (Å²) in [5.41, 5.74) is 0. The number of amides is 2. The molecular formula is C10H17N3O2. The Kier molecular flexibility index (Phi) is 5.00. The van der Waals surface area contributed by atoms with E-state index in [1.807, 2.05) is 0 Å². The Morgan fingerprint density at radius 2 is 2.07 bits per heavy atom. The van der Waals surface area contributed by atoms with E-state index in [0.29, 0.717) is 13.0 Å². The lowest BCUT2D eigenvalue weighted by molar-refractivity contribution is -0.128. The van der Waals surface area contributed by atoms with E-state index in [1.165, 1.54) is 0 Å². The van der Waals surface area contributed by atoms with E-state index in [4.69, 9.17) is 0 Å². The van der Waals surface area contributed by atoms with Crippen LogP contribution in [-0.2, 0) is 9.59 Å². The number of nitrogens with zero attached hydrogens (tertiary/aromatic N) is 1. The fraction of sp³-hybridized carbons (Fsp3) is 0.600. The minimum absolute atomic E-state index is 0.238. The summed E-state index contributed by atoms with van der Waals surface area (Å²) in [5.74, 6) is -0.668. The molecule has 15 heavy (non-hydrogen) atoms. The van der Waals surface area contributed by atoms with Gasteiger partial charge in [-0.2, -0.15) is 0 Å². The van der Waals surface area contributed by atoms with Crippen LogP contribution in [0.5, 0.6) is 0 Å². The van der Waals surface area contributed by atoms with Crippen molar-refractivity contribution in [1.82, 2.24) is 15.5 Å². The van der Waals surface area contributed by atoms with Crippen LogP contribution in [0.4, 0.5) is 0 Å². The van der Waals surface area contributed by atoms with Gasteiger partial charge in [0.1, 0.15) is 0 Å². The molecule has 2 amide bonds. The minimum atomic E-state index is -0.430. The smallest absolute Gasteiger partial charge is 0.249 e. The molecule has 5 heteroatoms. The Labute approximate surface area is 89.5 Å². The molecular weight excluding hydrogens is 194 g/mol. The van der Waals surface area contributed by atoms with Crippen molar-refractivity contribution in [3.8, 4) is 0 Å². The van der Waals surface area contributed by atoms with E-state index < -0.39 is 5.91 Å². The second-order valence-electron chi connectivity index (χ2n) is 3.46. The van der Waals surface area contributed by atoms with Gasteiger partial charge in [-0.25, -0.2) is 0 Å². The van der Waals surface area contributed by atoms with Gasteiger partial charge in [0.15, 0.2) is 0 Å². The van der Waals surface area contributed by atoms with Crippen molar-refractivity contribution in [2.24, 2.45) is 0 Å². The molecule has 5 nitrogen and oxygen atoms in total. The third-order valence-electron chi connectivity index (χ3n) is 2.31. The molecule has 1 fully saturated rings. The van der Waals surface area contributed by atoms with Crippen LogP contribution in [0.3, 0.4) is 0 Å². The number of carbonyl (C=O) groups is 2. The fourth-order valence-corrected chi connectivity index (χ4v) is 1.45. The van der Waals surface area contributed by atoms with Gasteiger partial charge in [0.25, 0.3) is 0 Å². The summed E-state index contributed by atoms with van der Waals surface area (Å²) in [4.78, 5) is 24.2. The van der Waals surface area contributed by atoms with Gasteiger partial charge < -0.3 is 10.2 Å². The van der Waals surface area contributed by atoms with Crippen molar-refractivity contribution in [2.45, 2.75) is 6.42 Å². The highest BCUT2D eigenvalue weighted by atomic mass is 16.2. The van der Waals surface area contributed by atoms with Crippen LogP contribution in [0.25, 0.3) is 0 Å². The largest absolute Gasteiger partial charge is 0.314 e. The molecule has 0 bridgehead atoms. The SMILES string of the molecule is C=CC(=O)NC(=O)CCN1CCNCC1. The zero-order chi connectivity index (χ0) is 11.1. The summed E-state index contributed by atoms with van der Waals surface area (Å²) in [6, 6.07) is 0. The van der Waals surface area contributed by atoms with Crippen LogP contribution >= 0.6 is 0 Å². The molecule has 1 saturated heterocycles. The van der Waals surface area contributed by atoms with Gasteiger partial charge in [-0.3, -0.25) is 14.9 Å². The van der Waals surface area contributed by atoms with Crippen molar-refractivity contribution in [3.63, 3.8) is 0 Å². The highest BCUT2D eigenvalue weighted by Crippen LogP contribution is 1.94. The molecule has 0 unspecified atom stereocenters. The molecule has 0 aromatic carbocycles. The van der Waals surface area contributed by atoms with E-state index >= 15 is 0 Å². The van der Waals surface area contributed by atoms with Crippen molar-refractivity contribution in [1.29, 1.82) is 0 Å². The van der Waals surface area contributed by atoms with Crippen molar-refractivity contribution >= 4 is 11.8 Å². The molecule has 2 N–H and O–H groups in total. The van der Waals surface area contributed by atoms with Gasteiger partial charge >= 0.3 is 0 Å². The molecule has 0 aromatic rings. The molecule has 1 aliphatic rings. The molecule has 1 rings (SSSR count). The number of rotatable bonds is 4. The Hall–Kier alpha value is -1.20. The maximum absolute atomic E-state index is 11.2. The maximum atomic E-state index is 11.2. The number of imide groups is 1. The third-order valence-corrected chi connectivity index (χ3v) is 2.31. The summed E-state index contributed by atoms with van der Waals surface area (Å²) >= 11 is 0. The molecule has 1 aliphatic heterocycles. The molecule has 84 valence electrons. The van der Waals surface area contributed by atoms with Crippen LogP contribution in [0.2, 0.25) is 0 Å². The first-order chi connectivity index (χ1) is 7.22. The van der Waals surface area contributed by atoms with Gasteiger partial charge in [-0.1, -0.05) is 6.58 Å². The molecule has 0 spiro atoms. The first kappa shape index (κ1) is 11.9. The van der Waals surface area contributed by atoms with Crippen molar-refractivity contribution < 1.29 is 9.59 Å². The van der Waals surface area contributed by atoms with Crippen LogP contribution in [-0.4, -0.2) is 49.4 Å². The van der Waals surface area contributed by atoms with E-state index in [9.17, 15) is 9.59 Å². The Morgan fingerprint density at radius 1 is 1.40 bits per heavy atom. The molecule has 0 aliphatic carbocycles. The summed E-state index contributed by atoms with van der Waals surface area (Å²) in [5, 5.41) is 5.47. The van der Waals surface area contributed by atoms with Crippen LogP contribution < -0.4 is 10.6 Å². The van der Waals surface area contributed by atoms with Gasteiger partial charge in [0.2, 0.25) is 11.8 Å². The number of hydrogen-bond acceptors (Lipinski definition) is 4. The first-order valence-corrected chi connectivity index (χ1v) is 5.11. The van der Waals surface area contributed by atoms with E-state index in [2.05, 4.69) is 22.1 Å². The van der Waals surface area contributed by atoms with Gasteiger partial charge in [-0.05, 0) is 6.08 Å². The molecule has 0 atom stereocenters. The minimum Gasteiger partial charge on any atom is -0.314 e. The van der Waals surface area contributed by atoms with Crippen LogP contribution in [0.15, 0.2) is 12.7 Å². The third kappa shape index (κ3) is 4.71. The zero-order valence-electron chi connectivity index (χ0n) is 8.79. The lowest BCUT2D eigenvalue weighted by Crippen LogP contribution is -2.44. The van der Waals surface area contributed by atoms with Crippen molar-refractivity contribution in [2.75, 3.05) is 32.7 Å². The summed E-state index contributed by atoms with van der Waals surface area (Å²) in [7, 11) is 0. The zero-order valence-corrected chi connectivity index (χ0v) is 8.79. The van der Waals surface area contributed by atoms with E-state index in [1.54, 1.807) is 0 Å². The number of carbonyl (C=O) groups excluding carboxylic acids is 2. The van der Waals surface area contributed by atoms with Gasteiger partial charge in [-0.15, -0.1) is 0 Å². The predicted molar refractivity (Wildman–Crippen MR) is 57.3 cm³/mol. The topological polar surface area (TPSA) is 61.4 Å². The average Bonchev–Trinajstić information content (AvgIpc) is 2.27. The quantitative estimate of drug-likeness (QED) is 0.592. The lowest BCUT2D eigenvalue weighted by atomic mass is 10.3. The van der Waals surface area contributed by atoms with E-state index in [-0.39, 0.29) is 5.91 Å². The van der Waals surface area contributed by atoms with Crippen LogP contribution in [0.1, 0.15) is 6.42 Å². The first-order valence-electron chi connectivity index (χ1n) is 5.11. The normalized spacial score (nSPS) is 17.1. The number of piperazine rings is 1. The standard InChI is InChI=1S/C10H17N3O2/c1-2-9(14)12-10(15)3-6-13-7-4-11-5-8-13/h2,11H,1,3-8H2,(H,12,14,15). The lowest BCUT2D eigenvalue weighted by Gasteiger charge is -2.26. The molecule has 0 saturated carbocycles. The molecule has 1 heterocycles. The van der Waals surface area contributed by atoms with E-state index in [0.717, 1.165) is 32.3 Å². The fourth-order valence-electron chi connectivity index (χ4n) is 1.45. The monoisotopic (exact) mass is 211 g/mol. The number of nitrogens with one attached hydrogen (secondary N) is 2. The average molecular weight is 211 g/mol. The van der Waals surface area contributed by atoms with Crippen molar-refractivity contribution in [3.05, 3.63) is 12.7 Å². The number of hydrogen-bond donors (Lipinski definition) is 2. The molecule has 0 aromatic heterocycles. The van der Waals surface area contributed by atoms with Gasteiger partial charge in [0, 0.05) is 39.1 Å². The summed E-state index contributed by atoms with van der Waals surface area (Å²) in [6.45, 7) is 7.84. The Bertz CT molecular complexity index is 247. The highest BCUT2D eigenvalue weighted by Gasteiger charge is 2.11. The summed E-state index contributed by atoms with van der Waals surface area (Å²) < 4.78 is 0. The highest BCUT2D eigenvalue weighted by molar-refractivity contribution is 6.00. The predicted octanol–water partition coefficient (Wildman–Crippen LogP) is -0.889. The van der Waals surface area contributed by atoms with Gasteiger partial charge in [0.05, 0.1) is 0 Å². The Morgan fingerprint density at radius 3 is 2.67 bits per heavy atom. The second kappa shape index (κ2) is 6.31. The second-order valence-corrected chi connectivity index (χ2v) is 3.46. The summed E-state index contributed by atoms with van der Waals surface area (Å²) in [6.07, 6.45) is 1.46. The Balaban J connectivity index is 2.15. The molecule has 0 radical (unpaired) electrons.